The summed E-state index contributed by atoms with van der Waals surface area (Å²) in [6.45, 7) is 0. The first-order valence-electron chi connectivity index (χ1n) is 2.53. The van der Waals surface area contributed by atoms with Crippen molar-refractivity contribution < 1.29 is 52.8 Å². The van der Waals surface area contributed by atoms with Crippen molar-refractivity contribution in [1.29, 1.82) is 0 Å². The van der Waals surface area contributed by atoms with Crippen LogP contribution in [0.4, 0.5) is 0 Å². The Hall–Kier alpha value is -0.0500. The van der Waals surface area contributed by atoms with Crippen LogP contribution in [0.25, 0.3) is 0 Å². The zero-order valence-electron chi connectivity index (χ0n) is 5.78. The molecular weight excluding hydrogens is 298 g/mol. The van der Waals surface area contributed by atoms with Gasteiger partial charge in [-0.25, -0.2) is 4.98 Å². The molecule has 0 aromatic carbocycles. The van der Waals surface area contributed by atoms with E-state index < -0.39 is 14.1 Å². The summed E-state index contributed by atoms with van der Waals surface area (Å²) in [5.74, 6) is 0. The van der Waals surface area contributed by atoms with Crippen LogP contribution >= 0.6 is 0 Å². The van der Waals surface area contributed by atoms with E-state index in [-0.39, 0.29) is 17.0 Å². The third kappa shape index (κ3) is 22.5. The molecule has 12 heavy (non-hydrogen) atoms. The lowest BCUT2D eigenvalue weighted by atomic mass is 10.5. The Balaban J connectivity index is 0. The first kappa shape index (κ1) is 14.5. The van der Waals surface area contributed by atoms with Gasteiger partial charge < -0.3 is 17.0 Å². The Kier molecular flexibility index (Phi) is 9.16. The van der Waals surface area contributed by atoms with E-state index in [1.807, 2.05) is 30.6 Å². The molecule has 1 aromatic rings. The average Bonchev–Trinajstić information content (AvgIpc) is 1.88. The van der Waals surface area contributed by atoms with Crippen LogP contribution in [0.5, 0.6) is 0 Å². The van der Waals surface area contributed by atoms with E-state index in [1.165, 1.54) is 0 Å². The van der Waals surface area contributed by atoms with E-state index in [0.29, 0.717) is 0 Å². The molecule has 0 saturated carbocycles. The predicted molar refractivity (Wildman–Crippen MR) is 23.0 cm³/mol. The number of hydrogen-bond acceptors (Lipinski definition) is 4. The molecule has 0 aliphatic heterocycles. The van der Waals surface area contributed by atoms with Gasteiger partial charge in [0.1, 0.15) is 0 Å². The van der Waals surface area contributed by atoms with Crippen LogP contribution in [-0.2, 0) is 0 Å². The number of nitrogens with one attached hydrogen (secondary N) is 1. The maximum absolute atomic E-state index is 8.58. The SMILES string of the molecule is [Br-].[O-][Br+3]([O-])([O-])[O-].c1cc[nH+]cc1. The summed E-state index contributed by atoms with van der Waals surface area (Å²) in [7, 11) is 0. The molecule has 1 aromatic heterocycles. The largest absolute Gasteiger partial charge is 1.00 e. The molecule has 7 heteroatoms. The number of hydrogen-bond donors (Lipinski definition) is 0. The van der Waals surface area contributed by atoms with Gasteiger partial charge in [0.25, 0.3) is 0 Å². The van der Waals surface area contributed by atoms with Gasteiger partial charge in [-0.15, -0.1) is 0 Å². The summed E-state index contributed by atoms with van der Waals surface area (Å²) in [6, 6.07) is 5.86. The second kappa shape index (κ2) is 7.59. The van der Waals surface area contributed by atoms with E-state index in [0.717, 1.165) is 0 Å². The minimum atomic E-state index is -5.62. The Morgan fingerprint density at radius 1 is 0.833 bits per heavy atom. The molecule has 0 fully saturated rings. The molecule has 1 N–H and O–H groups in total. The second-order valence-electron chi connectivity index (χ2n) is 1.46. The second-order valence-corrected chi connectivity index (χ2v) is 3.04. The van der Waals surface area contributed by atoms with Gasteiger partial charge in [0.2, 0.25) is 0 Å². The summed E-state index contributed by atoms with van der Waals surface area (Å²) in [6.07, 6.45) is 3.75. The van der Waals surface area contributed by atoms with Crippen molar-refractivity contribution in [1.82, 2.24) is 0 Å². The van der Waals surface area contributed by atoms with Crippen LogP contribution in [0.2, 0.25) is 0 Å². The molecule has 0 saturated heterocycles. The van der Waals surface area contributed by atoms with E-state index in [4.69, 9.17) is 16.8 Å². The molecule has 0 aliphatic rings. The molecule has 0 amide bonds. The van der Waals surface area contributed by atoms with Crippen molar-refractivity contribution in [2.24, 2.45) is 0 Å². The van der Waals surface area contributed by atoms with Crippen molar-refractivity contribution in [3.8, 4) is 0 Å². The number of pyridine rings is 1. The van der Waals surface area contributed by atoms with Crippen LogP contribution < -0.4 is 38.8 Å². The van der Waals surface area contributed by atoms with Crippen LogP contribution in [-0.4, -0.2) is 0 Å². The Morgan fingerprint density at radius 2 is 1.17 bits per heavy atom. The molecule has 0 radical (unpaired) electrons. The first-order chi connectivity index (χ1) is 5.00. The Bertz CT molecular complexity index is 146. The van der Waals surface area contributed by atoms with Gasteiger partial charge in [0, 0.05) is 12.1 Å². The van der Waals surface area contributed by atoms with E-state index in [9.17, 15) is 0 Å². The quantitative estimate of drug-likeness (QED) is 0.474. The predicted octanol–water partition coefficient (Wildman–Crippen LogP) is -7.25. The van der Waals surface area contributed by atoms with Gasteiger partial charge in [-0.05, 0) is 0 Å². The fourth-order valence-electron chi connectivity index (χ4n) is 0.342. The highest BCUT2D eigenvalue weighted by atomic mass is 80.0. The minimum absolute atomic E-state index is 0. The molecular formula is C5H6Br2NO4-. The monoisotopic (exact) mass is 302 g/mol. The molecule has 0 aliphatic carbocycles. The lowest BCUT2D eigenvalue weighted by Crippen LogP contribution is -3.00. The Morgan fingerprint density at radius 3 is 1.25 bits per heavy atom. The zero-order chi connectivity index (χ0) is 8.74. The molecule has 1 rings (SSSR count). The lowest BCUT2D eigenvalue weighted by Gasteiger charge is -2.11. The zero-order valence-corrected chi connectivity index (χ0v) is 8.95. The van der Waals surface area contributed by atoms with Crippen LogP contribution in [0.15, 0.2) is 30.6 Å². The van der Waals surface area contributed by atoms with Gasteiger partial charge in [-0.2, -0.15) is 0 Å². The first-order valence-corrected chi connectivity index (χ1v) is 5.12. The highest BCUT2D eigenvalue weighted by molar-refractivity contribution is 4.82. The van der Waals surface area contributed by atoms with Crippen LogP contribution in [0, 0.1) is 14.1 Å². The smallest absolute Gasteiger partial charge is 0.166 e. The van der Waals surface area contributed by atoms with Crippen LogP contribution in [0.3, 0.4) is 0 Å². The van der Waals surface area contributed by atoms with E-state index in [1.54, 1.807) is 0 Å². The molecule has 0 spiro atoms. The van der Waals surface area contributed by atoms with Gasteiger partial charge in [-0.1, -0.05) is 6.07 Å². The van der Waals surface area contributed by atoms with Crippen LogP contribution in [0.1, 0.15) is 0 Å². The summed E-state index contributed by atoms with van der Waals surface area (Å²) in [5, 5.41) is 0. The van der Waals surface area contributed by atoms with Gasteiger partial charge in [-0.3, -0.25) is 16.8 Å². The average molecular weight is 304 g/mol. The van der Waals surface area contributed by atoms with Crippen molar-refractivity contribution >= 4 is 0 Å². The maximum Gasteiger partial charge on any atom is 0.166 e. The number of aromatic nitrogens is 1. The van der Waals surface area contributed by atoms with Crippen molar-refractivity contribution in [2.75, 3.05) is 0 Å². The van der Waals surface area contributed by atoms with Gasteiger partial charge >= 0.3 is 0 Å². The highest BCUT2D eigenvalue weighted by Crippen LogP contribution is 1.68. The lowest BCUT2D eigenvalue weighted by molar-refractivity contribution is -2.00. The van der Waals surface area contributed by atoms with Crippen molar-refractivity contribution in [3.63, 3.8) is 0 Å². The summed E-state index contributed by atoms with van der Waals surface area (Å²) < 4.78 is 34.3. The van der Waals surface area contributed by atoms with Gasteiger partial charge in [0.05, 0.1) is 14.1 Å². The Labute approximate surface area is 83.6 Å². The fourth-order valence-corrected chi connectivity index (χ4v) is 0.342. The molecule has 70 valence electrons. The van der Waals surface area contributed by atoms with E-state index in [2.05, 4.69) is 4.98 Å². The molecule has 5 nitrogen and oxygen atoms in total. The van der Waals surface area contributed by atoms with Gasteiger partial charge in [0.15, 0.2) is 12.4 Å². The molecule has 1 heterocycles. The number of aromatic amines is 1. The number of halogens is 2. The third-order valence-electron chi connectivity index (χ3n) is 0.607. The standard InChI is InChI=1S/C5H5N.BrO4.BrH/c1-2-4-6-5-3-1;2-1(3,4)5;/h1-5H;;1H/q;-1;. The molecule has 0 atom stereocenters. The molecule has 0 bridgehead atoms. The normalized spacial score (nSPS) is 9.00. The van der Waals surface area contributed by atoms with Crippen molar-refractivity contribution in [3.05, 3.63) is 30.6 Å². The molecule has 0 unspecified atom stereocenters. The maximum atomic E-state index is 8.58. The highest BCUT2D eigenvalue weighted by Gasteiger charge is 1.90. The van der Waals surface area contributed by atoms with Crippen molar-refractivity contribution in [2.45, 2.75) is 0 Å². The summed E-state index contributed by atoms with van der Waals surface area (Å²) >= 11 is -5.62. The minimum Gasteiger partial charge on any atom is -1.00 e. The fraction of sp³-hybridized carbons (Fsp3) is 0. The topological polar surface area (TPSA) is 106 Å². The summed E-state index contributed by atoms with van der Waals surface area (Å²) in [5.41, 5.74) is 0. The number of H-pyrrole nitrogens is 1. The number of rotatable bonds is 0. The van der Waals surface area contributed by atoms with E-state index >= 15 is 0 Å². The third-order valence-corrected chi connectivity index (χ3v) is 0.607. The summed E-state index contributed by atoms with van der Waals surface area (Å²) in [4.78, 5) is 2.89.